The summed E-state index contributed by atoms with van der Waals surface area (Å²) in [5.41, 5.74) is 1.23. The Labute approximate surface area is 124 Å². The summed E-state index contributed by atoms with van der Waals surface area (Å²) in [6.07, 6.45) is 2.19. The first-order chi connectivity index (χ1) is 9.65. The van der Waals surface area contributed by atoms with Crippen LogP contribution >= 0.6 is 11.6 Å². The summed E-state index contributed by atoms with van der Waals surface area (Å²) in [6.45, 7) is 3.60. The number of hydrogen-bond acceptors (Lipinski definition) is 2. The second-order valence-electron chi connectivity index (χ2n) is 4.97. The quantitative estimate of drug-likeness (QED) is 0.851. The molecule has 1 saturated heterocycles. The summed E-state index contributed by atoms with van der Waals surface area (Å²) in [5, 5.41) is 9.12. The maximum atomic E-state index is 12.4. The third kappa shape index (κ3) is 3.33. The van der Waals surface area contributed by atoms with E-state index in [4.69, 9.17) is 16.7 Å². The summed E-state index contributed by atoms with van der Waals surface area (Å²) in [5.74, 6) is 5.95. The molecule has 0 aromatic heterocycles. The summed E-state index contributed by atoms with van der Waals surface area (Å²) >= 11 is 6.12. The molecule has 0 radical (unpaired) electrons. The van der Waals surface area contributed by atoms with Crippen molar-refractivity contribution in [3.8, 4) is 11.8 Å². The van der Waals surface area contributed by atoms with Crippen molar-refractivity contribution in [1.29, 1.82) is 0 Å². The van der Waals surface area contributed by atoms with E-state index in [9.17, 15) is 4.79 Å². The smallest absolute Gasteiger partial charge is 0.253 e. The summed E-state index contributed by atoms with van der Waals surface area (Å²) in [7, 11) is 0. The van der Waals surface area contributed by atoms with Crippen LogP contribution in [0.4, 0.5) is 0 Å². The van der Waals surface area contributed by atoms with Crippen molar-refractivity contribution in [2.45, 2.75) is 19.8 Å². The van der Waals surface area contributed by atoms with Crippen LogP contribution in [-0.4, -0.2) is 35.6 Å². The van der Waals surface area contributed by atoms with E-state index in [-0.39, 0.29) is 12.5 Å². The molecule has 106 valence electrons. The molecule has 0 bridgehead atoms. The van der Waals surface area contributed by atoms with Crippen LogP contribution in [0.3, 0.4) is 0 Å². The van der Waals surface area contributed by atoms with Gasteiger partial charge in [0, 0.05) is 24.2 Å². The van der Waals surface area contributed by atoms with Crippen LogP contribution < -0.4 is 0 Å². The molecule has 1 unspecified atom stereocenters. The van der Waals surface area contributed by atoms with Gasteiger partial charge < -0.3 is 10.0 Å². The lowest BCUT2D eigenvalue weighted by Gasteiger charge is -2.16. The molecular formula is C16H18ClNO2. The third-order valence-electron chi connectivity index (χ3n) is 3.67. The number of likely N-dealkylation sites (tertiary alicyclic amines) is 1. The minimum atomic E-state index is -0.205. The molecule has 1 atom stereocenters. The van der Waals surface area contributed by atoms with E-state index in [1.165, 1.54) is 0 Å². The first-order valence-electron chi connectivity index (χ1n) is 6.84. The van der Waals surface area contributed by atoms with Crippen molar-refractivity contribution in [2.24, 2.45) is 5.92 Å². The van der Waals surface area contributed by atoms with Crippen molar-refractivity contribution < 1.29 is 9.90 Å². The van der Waals surface area contributed by atoms with Gasteiger partial charge in [-0.25, -0.2) is 0 Å². The number of carbonyl (C=O) groups excluding carboxylic acids is 1. The molecule has 1 heterocycles. The Balaban J connectivity index is 2.13. The maximum Gasteiger partial charge on any atom is 0.253 e. The Morgan fingerprint density at radius 2 is 2.35 bits per heavy atom. The van der Waals surface area contributed by atoms with E-state index in [2.05, 4.69) is 18.8 Å². The predicted molar refractivity (Wildman–Crippen MR) is 79.7 cm³/mol. The Kier molecular flexibility index (Phi) is 5.05. The SMILES string of the molecule is CCC1CCN(C(=O)c2ccc(C#CCO)c(Cl)c2)C1. The first-order valence-corrected chi connectivity index (χ1v) is 7.22. The van der Waals surface area contributed by atoms with Crippen LogP contribution in [0, 0.1) is 17.8 Å². The maximum absolute atomic E-state index is 12.4. The van der Waals surface area contributed by atoms with Crippen LogP contribution in [0.15, 0.2) is 18.2 Å². The predicted octanol–water partition coefficient (Wildman–Crippen LogP) is 2.56. The van der Waals surface area contributed by atoms with E-state index in [0.717, 1.165) is 25.9 Å². The average Bonchev–Trinajstić information content (AvgIpc) is 2.94. The molecule has 1 aliphatic heterocycles. The van der Waals surface area contributed by atoms with E-state index in [1.54, 1.807) is 18.2 Å². The van der Waals surface area contributed by atoms with Crippen molar-refractivity contribution >= 4 is 17.5 Å². The number of aliphatic hydroxyl groups is 1. The lowest BCUT2D eigenvalue weighted by atomic mass is 10.1. The number of aliphatic hydroxyl groups excluding tert-OH is 1. The highest BCUT2D eigenvalue weighted by Gasteiger charge is 2.25. The van der Waals surface area contributed by atoms with Gasteiger partial charge in [-0.1, -0.05) is 36.8 Å². The fourth-order valence-corrected chi connectivity index (χ4v) is 2.64. The van der Waals surface area contributed by atoms with Crippen molar-refractivity contribution in [3.05, 3.63) is 34.3 Å². The van der Waals surface area contributed by atoms with Gasteiger partial charge in [0.2, 0.25) is 0 Å². The molecule has 1 aliphatic rings. The molecule has 1 N–H and O–H groups in total. The zero-order chi connectivity index (χ0) is 14.5. The zero-order valence-electron chi connectivity index (χ0n) is 11.5. The minimum Gasteiger partial charge on any atom is -0.384 e. The second-order valence-corrected chi connectivity index (χ2v) is 5.38. The second kappa shape index (κ2) is 6.78. The van der Waals surface area contributed by atoms with Crippen LogP contribution in [0.5, 0.6) is 0 Å². The molecule has 0 aliphatic carbocycles. The van der Waals surface area contributed by atoms with Crippen LogP contribution in [0.2, 0.25) is 5.02 Å². The van der Waals surface area contributed by atoms with E-state index < -0.39 is 0 Å². The molecule has 1 aromatic carbocycles. The van der Waals surface area contributed by atoms with Crippen LogP contribution in [0.1, 0.15) is 35.7 Å². The molecule has 2 rings (SSSR count). The molecular weight excluding hydrogens is 274 g/mol. The van der Waals surface area contributed by atoms with Gasteiger partial charge in [-0.05, 0) is 30.5 Å². The molecule has 1 fully saturated rings. The van der Waals surface area contributed by atoms with Gasteiger partial charge in [0.1, 0.15) is 6.61 Å². The molecule has 0 spiro atoms. The van der Waals surface area contributed by atoms with Gasteiger partial charge in [0.25, 0.3) is 5.91 Å². The highest BCUT2D eigenvalue weighted by molar-refractivity contribution is 6.32. The standard InChI is InChI=1S/C16H18ClNO2/c1-2-12-7-8-18(11-12)16(20)14-6-5-13(4-3-9-19)15(17)10-14/h5-6,10,12,19H,2,7-9,11H2,1H3. The number of amides is 1. The Hall–Kier alpha value is -1.50. The Bertz CT molecular complexity index is 559. The number of nitrogens with zero attached hydrogens (tertiary/aromatic N) is 1. The highest BCUT2D eigenvalue weighted by Crippen LogP contribution is 2.23. The zero-order valence-corrected chi connectivity index (χ0v) is 12.3. The summed E-state index contributed by atoms with van der Waals surface area (Å²) in [4.78, 5) is 14.3. The van der Waals surface area contributed by atoms with E-state index in [0.29, 0.717) is 22.1 Å². The minimum absolute atomic E-state index is 0.0320. The summed E-state index contributed by atoms with van der Waals surface area (Å²) < 4.78 is 0. The van der Waals surface area contributed by atoms with Crippen molar-refractivity contribution in [1.82, 2.24) is 4.90 Å². The average molecular weight is 292 g/mol. The number of halogens is 1. The number of rotatable bonds is 2. The normalized spacial score (nSPS) is 17.8. The number of hydrogen-bond donors (Lipinski definition) is 1. The lowest BCUT2D eigenvalue weighted by molar-refractivity contribution is 0.0787. The molecule has 3 nitrogen and oxygen atoms in total. The largest absolute Gasteiger partial charge is 0.384 e. The number of carbonyl (C=O) groups is 1. The molecule has 1 aromatic rings. The van der Waals surface area contributed by atoms with Crippen molar-refractivity contribution in [3.63, 3.8) is 0 Å². The monoisotopic (exact) mass is 291 g/mol. The van der Waals surface area contributed by atoms with E-state index in [1.807, 2.05) is 4.90 Å². The van der Waals surface area contributed by atoms with Gasteiger partial charge in [0.05, 0.1) is 5.02 Å². The lowest BCUT2D eigenvalue weighted by Crippen LogP contribution is -2.28. The van der Waals surface area contributed by atoms with E-state index >= 15 is 0 Å². The topological polar surface area (TPSA) is 40.5 Å². The molecule has 0 saturated carbocycles. The fraction of sp³-hybridized carbons (Fsp3) is 0.438. The van der Waals surface area contributed by atoms with Gasteiger partial charge in [-0.3, -0.25) is 4.79 Å². The molecule has 1 amide bonds. The number of benzene rings is 1. The Morgan fingerprint density at radius 3 is 2.95 bits per heavy atom. The highest BCUT2D eigenvalue weighted by atomic mass is 35.5. The summed E-state index contributed by atoms with van der Waals surface area (Å²) in [6, 6.07) is 5.13. The van der Waals surface area contributed by atoms with Gasteiger partial charge in [-0.15, -0.1) is 0 Å². The van der Waals surface area contributed by atoms with Gasteiger partial charge in [0.15, 0.2) is 0 Å². The Morgan fingerprint density at radius 1 is 1.55 bits per heavy atom. The van der Waals surface area contributed by atoms with Crippen LogP contribution in [0.25, 0.3) is 0 Å². The molecule has 20 heavy (non-hydrogen) atoms. The van der Waals surface area contributed by atoms with Gasteiger partial charge >= 0.3 is 0 Å². The van der Waals surface area contributed by atoms with Gasteiger partial charge in [-0.2, -0.15) is 0 Å². The fourth-order valence-electron chi connectivity index (χ4n) is 2.42. The first kappa shape index (κ1) is 14.9. The van der Waals surface area contributed by atoms with Crippen LogP contribution in [-0.2, 0) is 0 Å². The third-order valence-corrected chi connectivity index (χ3v) is 3.98. The van der Waals surface area contributed by atoms with Crippen molar-refractivity contribution in [2.75, 3.05) is 19.7 Å². The molecule has 4 heteroatoms.